The molecule has 16 heteroatoms. The molecule has 1 rings (SSSR count). The second-order valence-corrected chi connectivity index (χ2v) is 9.66. The predicted octanol–water partition coefficient (Wildman–Crippen LogP) is -2.15. The highest BCUT2D eigenvalue weighted by molar-refractivity contribution is 5.94. The van der Waals surface area contributed by atoms with Gasteiger partial charge in [0.2, 0.25) is 17.7 Å². The van der Waals surface area contributed by atoms with Gasteiger partial charge >= 0.3 is 11.9 Å². The number of guanidine groups is 1. The van der Waals surface area contributed by atoms with Crippen LogP contribution >= 0.6 is 0 Å². The van der Waals surface area contributed by atoms with Crippen LogP contribution in [0.25, 0.3) is 0 Å². The number of carboxylic acids is 2. The molecular weight excluding hydrogens is 552 g/mol. The Morgan fingerprint density at radius 3 is 1.93 bits per heavy atom. The van der Waals surface area contributed by atoms with Gasteiger partial charge in [0.15, 0.2) is 5.96 Å². The van der Waals surface area contributed by atoms with Crippen LogP contribution in [0.1, 0.15) is 50.5 Å². The van der Waals surface area contributed by atoms with Gasteiger partial charge in [-0.1, -0.05) is 12.1 Å². The molecule has 3 amide bonds. The van der Waals surface area contributed by atoms with Gasteiger partial charge in [-0.2, -0.15) is 0 Å². The van der Waals surface area contributed by atoms with E-state index >= 15 is 0 Å². The van der Waals surface area contributed by atoms with E-state index in [2.05, 4.69) is 20.9 Å². The number of aliphatic imine (C=N–C) groups is 1. The van der Waals surface area contributed by atoms with Crippen LogP contribution in [0.3, 0.4) is 0 Å². The van der Waals surface area contributed by atoms with Gasteiger partial charge in [-0.05, 0) is 62.8 Å². The summed E-state index contributed by atoms with van der Waals surface area (Å²) in [6, 6.07) is 0.978. The van der Waals surface area contributed by atoms with Gasteiger partial charge < -0.3 is 54.2 Å². The normalized spacial score (nSPS) is 13.6. The van der Waals surface area contributed by atoms with E-state index < -0.39 is 53.8 Å². The summed E-state index contributed by atoms with van der Waals surface area (Å²) in [5.74, 6) is -4.86. The summed E-state index contributed by atoms with van der Waals surface area (Å²) in [5.41, 5.74) is 22.5. The Kier molecular flexibility index (Phi) is 15.9. The lowest BCUT2D eigenvalue weighted by atomic mass is 10.0. The van der Waals surface area contributed by atoms with Gasteiger partial charge in [-0.3, -0.25) is 24.2 Å². The van der Waals surface area contributed by atoms with Crippen molar-refractivity contribution < 1.29 is 39.3 Å². The number of hydrogen-bond donors (Lipinski definition) is 10. The Balaban J connectivity index is 3.11. The number of phenols is 1. The summed E-state index contributed by atoms with van der Waals surface area (Å²) in [5, 5.41) is 35.6. The number of hydrogen-bond acceptors (Lipinski definition) is 9. The van der Waals surface area contributed by atoms with Crippen LogP contribution in [0, 0.1) is 0 Å². The molecule has 1 aromatic rings. The zero-order valence-corrected chi connectivity index (χ0v) is 23.3. The molecule has 0 radical (unpaired) electrons. The van der Waals surface area contributed by atoms with E-state index in [1.165, 1.54) is 24.3 Å². The smallest absolute Gasteiger partial charge is 0.326 e. The van der Waals surface area contributed by atoms with Crippen LogP contribution < -0.4 is 38.9 Å². The number of benzene rings is 1. The van der Waals surface area contributed by atoms with Gasteiger partial charge in [0.25, 0.3) is 0 Å². The van der Waals surface area contributed by atoms with Crippen LogP contribution in [-0.4, -0.2) is 88.2 Å². The number of nitrogens with zero attached hydrogens (tertiary/aromatic N) is 1. The number of nitrogens with one attached hydrogen (secondary N) is 3. The number of nitrogens with two attached hydrogens (primary N) is 4. The van der Waals surface area contributed by atoms with E-state index in [1.54, 1.807) is 0 Å². The Hall–Kier alpha value is -4.44. The molecule has 4 atom stereocenters. The molecule has 0 fully saturated rings. The molecule has 0 aromatic heterocycles. The fourth-order valence-electron chi connectivity index (χ4n) is 3.83. The molecule has 0 aliphatic rings. The Morgan fingerprint density at radius 2 is 1.36 bits per heavy atom. The SMILES string of the molecule is NCCCCC(NC(=O)C(Cc1ccc(O)cc1)NC(=O)C(N)CCC(=O)O)C(=O)NC(CCCN=C(N)N)C(=O)O. The van der Waals surface area contributed by atoms with E-state index in [0.717, 1.165) is 0 Å². The predicted molar refractivity (Wildman–Crippen MR) is 153 cm³/mol. The number of aromatic hydroxyl groups is 1. The van der Waals surface area contributed by atoms with Crippen LogP contribution in [-0.2, 0) is 30.4 Å². The maximum absolute atomic E-state index is 13.4. The summed E-state index contributed by atoms with van der Waals surface area (Å²) in [6.45, 7) is 0.491. The van der Waals surface area contributed by atoms with Crippen molar-refractivity contribution in [3.8, 4) is 5.75 Å². The fraction of sp³-hybridized carbons (Fsp3) is 0.538. The minimum atomic E-state index is -1.28. The molecule has 0 aliphatic carbocycles. The third-order valence-corrected chi connectivity index (χ3v) is 6.15. The number of carbonyl (C=O) groups excluding carboxylic acids is 3. The molecule has 16 nitrogen and oxygen atoms in total. The molecule has 4 unspecified atom stereocenters. The third kappa shape index (κ3) is 14.3. The van der Waals surface area contributed by atoms with Gasteiger partial charge in [0.05, 0.1) is 6.04 Å². The molecule has 0 saturated carbocycles. The molecule has 0 bridgehead atoms. The average Bonchev–Trinajstić information content (AvgIpc) is 2.93. The summed E-state index contributed by atoms with van der Waals surface area (Å²) >= 11 is 0. The molecule has 0 aliphatic heterocycles. The maximum atomic E-state index is 13.4. The largest absolute Gasteiger partial charge is 0.508 e. The lowest BCUT2D eigenvalue weighted by Gasteiger charge is -2.25. The van der Waals surface area contributed by atoms with Crippen molar-refractivity contribution in [2.45, 2.75) is 75.5 Å². The van der Waals surface area contributed by atoms with Crippen LogP contribution in [0.5, 0.6) is 5.75 Å². The van der Waals surface area contributed by atoms with E-state index in [1.807, 2.05) is 0 Å². The van der Waals surface area contributed by atoms with Crippen molar-refractivity contribution >= 4 is 35.6 Å². The number of aliphatic carboxylic acids is 2. The quantitative estimate of drug-likeness (QED) is 0.0439. The standard InChI is InChI=1S/C26H42N8O8/c27-12-2-1-4-18(23(39)33-19(25(41)42)5-3-13-31-26(29)30)32-24(40)20(14-15-6-8-16(35)9-7-15)34-22(38)17(28)10-11-21(36)37/h6-9,17-20,35H,1-5,10-14,27-28H2,(H,32,40)(H,33,39)(H,34,38)(H,36,37)(H,41,42)(H4,29,30,31). The van der Waals surface area contributed by atoms with Gasteiger partial charge in [0.1, 0.15) is 23.9 Å². The van der Waals surface area contributed by atoms with Crippen LogP contribution in [0.2, 0.25) is 0 Å². The van der Waals surface area contributed by atoms with E-state index in [0.29, 0.717) is 24.9 Å². The first kappa shape index (κ1) is 35.6. The summed E-state index contributed by atoms with van der Waals surface area (Å²) in [4.78, 5) is 65.7. The van der Waals surface area contributed by atoms with Crippen molar-refractivity contribution in [3.05, 3.63) is 29.8 Å². The van der Waals surface area contributed by atoms with Crippen molar-refractivity contribution in [1.82, 2.24) is 16.0 Å². The number of carbonyl (C=O) groups is 5. The molecule has 234 valence electrons. The van der Waals surface area contributed by atoms with E-state index in [9.17, 15) is 34.2 Å². The number of rotatable bonds is 20. The Bertz CT molecular complexity index is 1080. The van der Waals surface area contributed by atoms with Crippen LogP contribution in [0.4, 0.5) is 0 Å². The third-order valence-electron chi connectivity index (χ3n) is 6.15. The Labute approximate surface area is 243 Å². The zero-order valence-electron chi connectivity index (χ0n) is 23.3. The lowest BCUT2D eigenvalue weighted by Crippen LogP contribution is -2.57. The van der Waals surface area contributed by atoms with Crippen molar-refractivity contribution in [1.29, 1.82) is 0 Å². The minimum Gasteiger partial charge on any atom is -0.508 e. The monoisotopic (exact) mass is 594 g/mol. The molecule has 0 heterocycles. The number of unbranched alkanes of at least 4 members (excludes halogenated alkanes) is 1. The summed E-state index contributed by atoms with van der Waals surface area (Å²) in [6.07, 6.45) is 0.814. The highest BCUT2D eigenvalue weighted by Crippen LogP contribution is 2.13. The first-order valence-corrected chi connectivity index (χ1v) is 13.5. The molecular formula is C26H42N8O8. The highest BCUT2D eigenvalue weighted by Gasteiger charge is 2.30. The van der Waals surface area contributed by atoms with E-state index in [4.69, 9.17) is 28.0 Å². The average molecular weight is 595 g/mol. The number of amides is 3. The summed E-state index contributed by atoms with van der Waals surface area (Å²) in [7, 11) is 0. The zero-order chi connectivity index (χ0) is 31.7. The lowest BCUT2D eigenvalue weighted by molar-refractivity contribution is -0.142. The Morgan fingerprint density at radius 1 is 0.786 bits per heavy atom. The van der Waals surface area contributed by atoms with Crippen LogP contribution in [0.15, 0.2) is 29.3 Å². The van der Waals surface area contributed by atoms with Crippen molar-refractivity contribution in [3.63, 3.8) is 0 Å². The second-order valence-electron chi connectivity index (χ2n) is 9.66. The van der Waals surface area contributed by atoms with E-state index in [-0.39, 0.29) is 56.8 Å². The number of carboxylic acid groups (broad SMARTS) is 2. The second kappa shape index (κ2) is 18.8. The molecule has 0 spiro atoms. The molecule has 42 heavy (non-hydrogen) atoms. The van der Waals surface area contributed by atoms with Gasteiger partial charge in [-0.25, -0.2) is 4.79 Å². The van der Waals surface area contributed by atoms with Crippen molar-refractivity contribution in [2.75, 3.05) is 13.1 Å². The highest BCUT2D eigenvalue weighted by atomic mass is 16.4. The topological polar surface area (TPSA) is 299 Å². The van der Waals surface area contributed by atoms with Crippen molar-refractivity contribution in [2.24, 2.45) is 27.9 Å². The molecule has 0 saturated heterocycles. The maximum Gasteiger partial charge on any atom is 0.326 e. The van der Waals surface area contributed by atoms with Gasteiger partial charge in [-0.15, -0.1) is 0 Å². The molecule has 1 aromatic carbocycles. The summed E-state index contributed by atoms with van der Waals surface area (Å²) < 4.78 is 0. The van der Waals surface area contributed by atoms with Gasteiger partial charge in [0, 0.05) is 19.4 Å². The fourth-order valence-corrected chi connectivity index (χ4v) is 3.83. The molecule has 14 N–H and O–H groups in total. The minimum absolute atomic E-state index is 0.0117. The number of phenolic OH excluding ortho intramolecular Hbond substituents is 1. The first-order valence-electron chi connectivity index (χ1n) is 13.5. The first-order chi connectivity index (χ1) is 19.8.